The summed E-state index contributed by atoms with van der Waals surface area (Å²) < 4.78 is 36.7. The second kappa shape index (κ2) is 5.52. The van der Waals surface area contributed by atoms with Crippen molar-refractivity contribution >= 4 is 11.9 Å². The average molecular weight is 260 g/mol. The highest BCUT2D eigenvalue weighted by molar-refractivity contribution is 5.84. The van der Waals surface area contributed by atoms with E-state index >= 15 is 0 Å². The van der Waals surface area contributed by atoms with Gasteiger partial charge in [-0.25, -0.2) is 0 Å². The molecular weight excluding hydrogens is 251 g/mol. The first-order chi connectivity index (χ1) is 8.30. The normalized spacial score (nSPS) is 11.1. The van der Waals surface area contributed by atoms with E-state index < -0.39 is 31.1 Å². The molecule has 0 unspecified atom stereocenters. The quantitative estimate of drug-likeness (QED) is 0.783. The summed E-state index contributed by atoms with van der Waals surface area (Å²) in [5.41, 5.74) is 0.399. The van der Waals surface area contributed by atoms with Crippen LogP contribution in [0, 0.1) is 0 Å². The Morgan fingerprint density at radius 1 is 1.17 bits per heavy atom. The van der Waals surface area contributed by atoms with Gasteiger partial charge in [0, 0.05) is 6.54 Å². The zero-order chi connectivity index (χ0) is 13.8. The molecule has 0 spiro atoms. The van der Waals surface area contributed by atoms with Crippen LogP contribution in [0.4, 0.5) is 13.2 Å². The minimum Gasteiger partial charge on any atom is -0.548 e. The van der Waals surface area contributed by atoms with Crippen molar-refractivity contribution in [1.82, 2.24) is 4.90 Å². The van der Waals surface area contributed by atoms with Gasteiger partial charge in [0.15, 0.2) is 0 Å². The van der Waals surface area contributed by atoms with E-state index in [1.165, 1.54) is 12.1 Å². The predicted molar refractivity (Wildman–Crippen MR) is 52.9 cm³/mol. The molecule has 0 aliphatic heterocycles. The summed E-state index contributed by atoms with van der Waals surface area (Å²) in [6.07, 6.45) is -5.11. The molecule has 0 heterocycles. The lowest BCUT2D eigenvalue weighted by Crippen LogP contribution is -2.46. The van der Waals surface area contributed by atoms with Crippen LogP contribution in [0.5, 0.6) is 0 Å². The number of nitrogens with zero attached hydrogens (tertiary/aromatic N) is 1. The summed E-state index contributed by atoms with van der Waals surface area (Å²) in [5, 5.41) is 10.4. The van der Waals surface area contributed by atoms with E-state index in [0.717, 1.165) is 0 Å². The molecule has 98 valence electrons. The molecule has 0 fully saturated rings. The van der Waals surface area contributed by atoms with Crippen LogP contribution in [0.2, 0.25) is 0 Å². The molecule has 0 saturated heterocycles. The molecule has 4 nitrogen and oxygen atoms in total. The van der Waals surface area contributed by atoms with Crippen molar-refractivity contribution in [2.45, 2.75) is 12.7 Å². The number of rotatable bonds is 4. The third-order valence-electron chi connectivity index (χ3n) is 2.07. The van der Waals surface area contributed by atoms with Crippen LogP contribution in [0.25, 0.3) is 0 Å². The molecule has 0 saturated carbocycles. The standard InChI is InChI=1S/C11H10F3NO3/c12-11(13,14)10(18)15(7-9(16)17)6-8-4-2-1-3-5-8/h1-5H,6-7H2,(H,16,17)/p-1. The fourth-order valence-corrected chi connectivity index (χ4v) is 1.34. The van der Waals surface area contributed by atoms with Crippen molar-refractivity contribution in [2.75, 3.05) is 6.54 Å². The van der Waals surface area contributed by atoms with Crippen molar-refractivity contribution in [3.05, 3.63) is 35.9 Å². The van der Waals surface area contributed by atoms with Gasteiger partial charge in [0.05, 0.1) is 12.5 Å². The highest BCUT2D eigenvalue weighted by Gasteiger charge is 2.42. The number of hydrogen-bond acceptors (Lipinski definition) is 3. The molecule has 0 N–H and O–H groups in total. The van der Waals surface area contributed by atoms with Gasteiger partial charge in [-0.1, -0.05) is 30.3 Å². The number of hydrogen-bond donors (Lipinski definition) is 0. The minimum atomic E-state index is -5.11. The molecule has 1 amide bonds. The van der Waals surface area contributed by atoms with Crippen LogP contribution in [-0.4, -0.2) is 29.5 Å². The van der Waals surface area contributed by atoms with Crippen LogP contribution in [0.3, 0.4) is 0 Å². The van der Waals surface area contributed by atoms with Crippen molar-refractivity contribution < 1.29 is 27.9 Å². The number of carboxylic acid groups (broad SMARTS) is 1. The van der Waals surface area contributed by atoms with Gasteiger partial charge >= 0.3 is 12.1 Å². The molecule has 1 rings (SSSR count). The predicted octanol–water partition coefficient (Wildman–Crippen LogP) is 0.327. The fraction of sp³-hybridized carbons (Fsp3) is 0.273. The first-order valence-corrected chi connectivity index (χ1v) is 4.90. The van der Waals surface area contributed by atoms with Gasteiger partial charge in [0.25, 0.3) is 0 Å². The van der Waals surface area contributed by atoms with Crippen LogP contribution in [0.1, 0.15) is 5.56 Å². The number of aliphatic carboxylic acids is 1. The number of halogens is 3. The first-order valence-electron chi connectivity index (χ1n) is 4.90. The minimum absolute atomic E-state index is 0.185. The van der Waals surface area contributed by atoms with Gasteiger partial charge in [-0.15, -0.1) is 0 Å². The van der Waals surface area contributed by atoms with Gasteiger partial charge in [0.2, 0.25) is 0 Å². The third-order valence-corrected chi connectivity index (χ3v) is 2.07. The fourth-order valence-electron chi connectivity index (χ4n) is 1.34. The smallest absolute Gasteiger partial charge is 0.471 e. The molecule has 18 heavy (non-hydrogen) atoms. The zero-order valence-corrected chi connectivity index (χ0v) is 9.11. The van der Waals surface area contributed by atoms with E-state index in [4.69, 9.17) is 0 Å². The summed E-state index contributed by atoms with van der Waals surface area (Å²) >= 11 is 0. The van der Waals surface area contributed by atoms with E-state index in [2.05, 4.69) is 0 Å². The Hall–Kier alpha value is -2.05. The Morgan fingerprint density at radius 2 is 1.72 bits per heavy atom. The summed E-state index contributed by atoms with van der Waals surface area (Å²) in [4.78, 5) is 21.6. The summed E-state index contributed by atoms with van der Waals surface area (Å²) in [6, 6.07) is 7.78. The third kappa shape index (κ3) is 4.08. The molecule has 0 aliphatic rings. The summed E-state index contributed by atoms with van der Waals surface area (Å²) in [6.45, 7) is -1.54. The highest BCUT2D eigenvalue weighted by atomic mass is 19.4. The van der Waals surface area contributed by atoms with E-state index in [-0.39, 0.29) is 4.90 Å². The van der Waals surface area contributed by atoms with E-state index in [0.29, 0.717) is 5.56 Å². The largest absolute Gasteiger partial charge is 0.548 e. The molecule has 7 heteroatoms. The van der Waals surface area contributed by atoms with Gasteiger partial charge in [-0.05, 0) is 5.56 Å². The van der Waals surface area contributed by atoms with Crippen molar-refractivity contribution in [3.63, 3.8) is 0 Å². The highest BCUT2D eigenvalue weighted by Crippen LogP contribution is 2.19. The van der Waals surface area contributed by atoms with Gasteiger partial charge in [-0.2, -0.15) is 13.2 Å². The maximum Gasteiger partial charge on any atom is 0.471 e. The van der Waals surface area contributed by atoms with Crippen LogP contribution >= 0.6 is 0 Å². The van der Waals surface area contributed by atoms with Crippen LogP contribution in [0.15, 0.2) is 30.3 Å². The van der Waals surface area contributed by atoms with Crippen LogP contribution < -0.4 is 5.11 Å². The average Bonchev–Trinajstić information content (AvgIpc) is 2.26. The number of amides is 1. The molecule has 1 aromatic rings. The zero-order valence-electron chi connectivity index (χ0n) is 9.11. The lowest BCUT2D eigenvalue weighted by Gasteiger charge is -2.24. The van der Waals surface area contributed by atoms with E-state index in [9.17, 15) is 27.9 Å². The summed E-state index contributed by atoms with van der Waals surface area (Å²) in [7, 11) is 0. The molecule has 0 aromatic heterocycles. The van der Waals surface area contributed by atoms with Gasteiger partial charge in [0.1, 0.15) is 0 Å². The second-order valence-corrected chi connectivity index (χ2v) is 3.52. The summed E-state index contributed by atoms with van der Waals surface area (Å²) in [5.74, 6) is -3.95. The Labute approximate surface area is 101 Å². The van der Waals surface area contributed by atoms with Crippen molar-refractivity contribution in [1.29, 1.82) is 0 Å². The number of carbonyl (C=O) groups excluding carboxylic acids is 2. The van der Waals surface area contributed by atoms with Crippen molar-refractivity contribution in [3.8, 4) is 0 Å². The topological polar surface area (TPSA) is 60.4 Å². The van der Waals surface area contributed by atoms with Crippen LogP contribution in [-0.2, 0) is 16.1 Å². The maximum atomic E-state index is 12.2. The number of carboxylic acids is 1. The Balaban J connectivity index is 2.86. The maximum absolute atomic E-state index is 12.2. The molecule has 0 aliphatic carbocycles. The SMILES string of the molecule is O=C([O-])CN(Cc1ccccc1)C(=O)C(F)(F)F. The van der Waals surface area contributed by atoms with Gasteiger partial charge < -0.3 is 14.8 Å². The lowest BCUT2D eigenvalue weighted by molar-refractivity contribution is -0.306. The number of carbonyl (C=O) groups is 2. The lowest BCUT2D eigenvalue weighted by atomic mass is 10.2. The second-order valence-electron chi connectivity index (χ2n) is 3.52. The molecule has 0 bridgehead atoms. The van der Waals surface area contributed by atoms with Crippen molar-refractivity contribution in [2.24, 2.45) is 0 Å². The Kier molecular flexibility index (Phi) is 4.30. The molecular formula is C11H9F3NO3-. The van der Waals surface area contributed by atoms with E-state index in [1.54, 1.807) is 18.2 Å². The number of alkyl halides is 3. The molecule has 0 atom stereocenters. The molecule has 0 radical (unpaired) electrons. The first kappa shape index (κ1) is 14.0. The number of benzene rings is 1. The van der Waals surface area contributed by atoms with Gasteiger partial charge in [-0.3, -0.25) is 4.79 Å². The van der Waals surface area contributed by atoms with E-state index in [1.807, 2.05) is 0 Å². The molecule has 1 aromatic carbocycles. The Morgan fingerprint density at radius 3 is 2.17 bits per heavy atom. The Bertz CT molecular complexity index is 431. The monoisotopic (exact) mass is 260 g/mol.